The number of aromatic nitrogens is 11. The van der Waals surface area contributed by atoms with Crippen molar-refractivity contribution in [2.24, 2.45) is 0 Å². The third kappa shape index (κ3) is 5.40. The van der Waals surface area contributed by atoms with Crippen LogP contribution in [0.4, 0.5) is 0 Å². The Morgan fingerprint density at radius 3 is 1.14 bits per heavy atom. The lowest BCUT2D eigenvalue weighted by Crippen LogP contribution is -2.71. The number of benzene rings is 10. The highest BCUT2D eigenvalue weighted by molar-refractivity contribution is 6.19. The number of ether oxygens (including phenoxy) is 3. The van der Waals surface area contributed by atoms with E-state index >= 15 is 0 Å². The van der Waals surface area contributed by atoms with Gasteiger partial charge in [-0.05, 0) is 146 Å². The molecule has 0 radical (unpaired) electrons. The Morgan fingerprint density at radius 2 is 0.657 bits per heavy atom. The molecule has 0 amide bonds. The summed E-state index contributed by atoms with van der Waals surface area (Å²) in [5.74, 6) is 5.56. The van der Waals surface area contributed by atoms with Crippen LogP contribution in [0.15, 0.2) is 298 Å². The zero-order valence-corrected chi connectivity index (χ0v) is 55.4. The van der Waals surface area contributed by atoms with Gasteiger partial charge in [0, 0.05) is 81.1 Å². The number of rotatable bonds is 0. The molecule has 14 heteroatoms. The van der Waals surface area contributed by atoms with Crippen molar-refractivity contribution in [1.29, 1.82) is 0 Å². The van der Waals surface area contributed by atoms with Crippen LogP contribution in [-0.2, 0) is 17.0 Å². The smallest absolute Gasteiger partial charge is 0.372 e. The maximum Gasteiger partial charge on any atom is 0.372 e. The van der Waals surface area contributed by atoms with E-state index in [0.29, 0.717) is 0 Å². The van der Waals surface area contributed by atoms with Gasteiger partial charge in [-0.25, -0.2) is 4.98 Å². The lowest BCUT2D eigenvalue weighted by Gasteiger charge is -2.28. The highest BCUT2D eigenvalue weighted by Gasteiger charge is 2.72. The fourth-order valence-electron chi connectivity index (χ4n) is 21.6. The van der Waals surface area contributed by atoms with Crippen molar-refractivity contribution in [3.05, 3.63) is 331 Å². The van der Waals surface area contributed by atoms with Crippen molar-refractivity contribution in [2.45, 2.75) is 17.0 Å². The highest BCUT2D eigenvalue weighted by Crippen LogP contribution is 2.62. The van der Waals surface area contributed by atoms with Crippen LogP contribution in [0.2, 0.25) is 0 Å². The quantitative estimate of drug-likeness (QED) is 0.111. The lowest BCUT2D eigenvalue weighted by atomic mass is 9.85. The van der Waals surface area contributed by atoms with E-state index in [0.717, 1.165) is 56.7 Å². The molecule has 21 aromatic rings. The predicted molar refractivity (Wildman–Crippen MR) is 397 cm³/mol. The fraction of sp³-hybridized carbons (Fsp3) is 0.0330. The van der Waals surface area contributed by atoms with Gasteiger partial charge >= 0.3 is 33.9 Å². The van der Waals surface area contributed by atoms with Crippen molar-refractivity contribution in [1.82, 2.24) is 23.2 Å². The first-order chi connectivity index (χ1) is 52.2. The number of pyridine rings is 8. The van der Waals surface area contributed by atoms with Crippen LogP contribution in [0.5, 0.6) is 34.5 Å². The van der Waals surface area contributed by atoms with E-state index in [1.807, 2.05) is 24.7 Å². The zero-order valence-electron chi connectivity index (χ0n) is 55.4. The van der Waals surface area contributed by atoms with E-state index in [4.69, 9.17) is 19.2 Å². The summed E-state index contributed by atoms with van der Waals surface area (Å²) < 4.78 is 42.2. The van der Waals surface area contributed by atoms with Crippen LogP contribution in [0.25, 0.3) is 149 Å². The van der Waals surface area contributed by atoms with Crippen LogP contribution in [0, 0.1) is 0 Å². The number of fused-ring (bicyclic) bond motifs is 24. The average Bonchev–Trinajstić information content (AvgIpc) is 1.48. The zero-order chi connectivity index (χ0) is 67.4. The van der Waals surface area contributed by atoms with E-state index in [-0.39, 0.29) is 0 Å². The topological polar surface area (TPSA) is 90.0 Å². The molecular weight excluding hydrogens is 1300 g/mol. The third-order valence-corrected chi connectivity index (χ3v) is 24.8. The summed E-state index contributed by atoms with van der Waals surface area (Å²) >= 11 is 0. The molecule has 3 spiro atoms. The molecule has 0 saturated carbocycles. The number of hydrogen-bond acceptors (Lipinski definition) is 5. The van der Waals surface area contributed by atoms with Gasteiger partial charge in [0.25, 0.3) is 5.65 Å². The lowest BCUT2D eigenvalue weighted by molar-refractivity contribution is -0.940. The summed E-state index contributed by atoms with van der Waals surface area (Å²) in [7, 11) is 0. The average molecular weight is 1340 g/mol. The molecule has 0 fully saturated rings. The summed E-state index contributed by atoms with van der Waals surface area (Å²) in [6.07, 6.45) is 12.5. The fourth-order valence-corrected chi connectivity index (χ4v) is 21.6. The number of para-hydroxylation sites is 6. The molecule has 9 aliphatic heterocycles. The third-order valence-electron chi connectivity index (χ3n) is 24.8. The molecule has 0 bridgehead atoms. The number of hydrogen-bond donors (Lipinski definition) is 0. The summed E-state index contributed by atoms with van der Waals surface area (Å²) in [6, 6.07) is 93.4. The van der Waals surface area contributed by atoms with Gasteiger partial charge < -0.3 is 14.2 Å². The van der Waals surface area contributed by atoms with Crippen molar-refractivity contribution in [3.63, 3.8) is 0 Å². The molecule has 0 aliphatic carbocycles. The van der Waals surface area contributed by atoms with Gasteiger partial charge in [-0.15, -0.1) is 27.4 Å². The van der Waals surface area contributed by atoms with Gasteiger partial charge in [-0.1, -0.05) is 78.9 Å². The second kappa shape index (κ2) is 17.4. The maximum absolute atomic E-state index is 6.67. The summed E-state index contributed by atoms with van der Waals surface area (Å²) in [5.41, 5.74) is 26.9. The molecule has 480 valence electrons. The van der Waals surface area contributed by atoms with Crippen molar-refractivity contribution < 1.29 is 41.6 Å². The molecule has 9 aliphatic rings. The van der Waals surface area contributed by atoms with Gasteiger partial charge in [-0.2, -0.15) is 13.2 Å². The molecule has 0 saturated heterocycles. The summed E-state index contributed by atoms with van der Waals surface area (Å²) in [4.78, 5) is 9.45. The SMILES string of the molecule is c1cc2c3c(c1)-c1cccc[n+]1C31c3c(ccc4c5ccccc5n5c6ccccc6[n+]1c5c34)O2.c1cc2c3c(c1)-c1cccc[n+]1C31c3c(ccc4c5ccccc5n5c6ncccc6[n+]1c5c34)O2.c1cc2c3c(c1)-c1cccc[n+]1C31c3c(ccc4c5ccncc5n5c6ccccc6[n+]1c5c34)O2. The molecule has 0 N–H and O–H groups in total. The molecule has 11 aromatic heterocycles. The van der Waals surface area contributed by atoms with E-state index in [1.165, 1.54) is 160 Å². The number of nitrogens with zero attached hydrogens (tertiary/aromatic N) is 11. The number of imidazole rings is 3. The molecule has 30 rings (SSSR count). The van der Waals surface area contributed by atoms with E-state index < -0.39 is 17.0 Å². The minimum absolute atomic E-state index is 0.538. The maximum atomic E-state index is 6.67. The van der Waals surface area contributed by atoms with Gasteiger partial charge in [0.05, 0.1) is 39.0 Å². The Hall–Kier alpha value is -14.2. The Balaban J connectivity index is 0.0000000858. The van der Waals surface area contributed by atoms with Crippen LogP contribution in [-0.4, -0.2) is 23.2 Å². The van der Waals surface area contributed by atoms with Crippen molar-refractivity contribution >= 4 is 115 Å². The van der Waals surface area contributed by atoms with Crippen molar-refractivity contribution in [2.75, 3.05) is 0 Å². The normalized spacial score (nSPS) is 18.1. The Kier molecular flexibility index (Phi) is 8.72. The van der Waals surface area contributed by atoms with Crippen molar-refractivity contribution in [3.8, 4) is 68.3 Å². The Bertz CT molecular complexity index is 7210. The standard InChI is InChI=1S/C31H17N3O.2C30H16N4O/c1-2-11-22-18(8-1)19-15-16-26-29-27(19)30-33(22)23-12-3-4-13-24(23)34(30)31(29)28-20(9-7-14-25(28)35-26)21-10-5-6-17-32(21)31;1-2-10-21-17(7-1)18-13-14-24-27-25(18)29-33(21)28-22(11-6-15-31-28)34(29)30(27)26-19(8-5-12-23(26)35-24)20-9-3-4-16-32(20)30;1-2-9-22-21(8-1)33-23-16-31-14-13-17(23)18-11-12-25-28-26(18)29(33)34(22)30(28)27-19(6-5-10-24(27)35-25)20-7-3-4-15-32(20)30/h1-17H;2*1-16H/q3*+2. The highest BCUT2D eigenvalue weighted by atomic mass is 16.5. The molecule has 10 aromatic carbocycles. The molecule has 20 heterocycles. The second-order valence-electron chi connectivity index (χ2n) is 29.0. The molecule has 3 unspecified atom stereocenters. The van der Waals surface area contributed by atoms with E-state index in [1.54, 1.807) is 0 Å². The first-order valence-electron chi connectivity index (χ1n) is 35.9. The monoisotopic (exact) mass is 1340 g/mol. The Morgan fingerprint density at radius 1 is 0.276 bits per heavy atom. The predicted octanol–water partition coefficient (Wildman–Crippen LogP) is 15.8. The molecule has 3 atom stereocenters. The minimum Gasteiger partial charge on any atom is -0.456 e. The van der Waals surface area contributed by atoms with Gasteiger partial charge in [0.15, 0.2) is 46.2 Å². The van der Waals surface area contributed by atoms with Crippen LogP contribution < -0.4 is 41.6 Å². The summed E-state index contributed by atoms with van der Waals surface area (Å²) in [5, 5.41) is 11.2. The first-order valence-corrected chi connectivity index (χ1v) is 35.9. The van der Waals surface area contributed by atoms with Gasteiger partial charge in [0.1, 0.15) is 78.9 Å². The minimum atomic E-state index is -0.578. The molecular formula is C91H49N11O3+6. The van der Waals surface area contributed by atoms with E-state index in [2.05, 4.69) is 319 Å². The molecule has 105 heavy (non-hydrogen) atoms. The van der Waals surface area contributed by atoms with Gasteiger partial charge in [0.2, 0.25) is 22.6 Å². The van der Waals surface area contributed by atoms with Crippen LogP contribution >= 0.6 is 0 Å². The first kappa shape index (κ1) is 52.7. The largest absolute Gasteiger partial charge is 0.456 e. The molecule has 14 nitrogen and oxygen atoms in total. The van der Waals surface area contributed by atoms with Gasteiger partial charge in [-0.3, -0.25) is 4.98 Å². The Labute approximate surface area is 593 Å². The van der Waals surface area contributed by atoms with Crippen LogP contribution in [0.1, 0.15) is 33.4 Å². The summed E-state index contributed by atoms with van der Waals surface area (Å²) in [6.45, 7) is 0. The van der Waals surface area contributed by atoms with Crippen LogP contribution in [0.3, 0.4) is 0 Å². The second-order valence-corrected chi connectivity index (χ2v) is 29.0. The van der Waals surface area contributed by atoms with E-state index in [9.17, 15) is 0 Å².